The van der Waals surface area contributed by atoms with Crippen LogP contribution in [0.5, 0.6) is 0 Å². The van der Waals surface area contributed by atoms with Gasteiger partial charge in [-0.2, -0.15) is 0 Å². The second-order valence-electron chi connectivity index (χ2n) is 4.19. The lowest BCUT2D eigenvalue weighted by Gasteiger charge is -2.11. The molecule has 3 nitrogen and oxygen atoms in total. The average molecular weight is 205 g/mol. The van der Waals surface area contributed by atoms with Gasteiger partial charge >= 0.3 is 0 Å². The number of hydrogen-bond acceptors (Lipinski definition) is 3. The molecule has 0 bridgehead atoms. The van der Waals surface area contributed by atoms with Crippen LogP contribution in [-0.4, -0.2) is 36.9 Å². The summed E-state index contributed by atoms with van der Waals surface area (Å²) < 4.78 is 11.3. The van der Waals surface area contributed by atoms with E-state index in [1.165, 1.54) is 5.56 Å². The third kappa shape index (κ3) is 1.78. The van der Waals surface area contributed by atoms with Gasteiger partial charge in [-0.3, -0.25) is 4.90 Å². The van der Waals surface area contributed by atoms with Gasteiger partial charge in [0.05, 0.1) is 19.8 Å². The van der Waals surface area contributed by atoms with E-state index in [9.17, 15) is 0 Å². The zero-order valence-corrected chi connectivity index (χ0v) is 8.69. The third-order valence-corrected chi connectivity index (χ3v) is 3.08. The first kappa shape index (κ1) is 9.33. The Kier molecular flexibility index (Phi) is 2.24. The molecular formula is C12H15NO2. The summed E-state index contributed by atoms with van der Waals surface area (Å²) in [5, 5.41) is 0. The smallest absolute Gasteiger partial charge is 0.158 e. The summed E-state index contributed by atoms with van der Waals surface area (Å²) in [4.78, 5) is 2.32. The van der Waals surface area contributed by atoms with Crippen molar-refractivity contribution in [2.24, 2.45) is 0 Å². The number of rotatable bonds is 4. The average Bonchev–Trinajstić information content (AvgIpc) is 2.82. The molecule has 2 heterocycles. The predicted molar refractivity (Wildman–Crippen MR) is 56.4 cm³/mol. The molecule has 2 saturated heterocycles. The van der Waals surface area contributed by atoms with Crippen LogP contribution in [0.15, 0.2) is 30.3 Å². The maximum absolute atomic E-state index is 5.68. The standard InChI is InChI=1S/C12H15NO2/c1-2-4-11(5-3-1)8-14-10-12-9-13(12)6-7-15-12/h1-5H,6-10H2. The van der Waals surface area contributed by atoms with Gasteiger partial charge in [0.1, 0.15) is 0 Å². The highest BCUT2D eigenvalue weighted by atomic mass is 16.6. The second kappa shape index (κ2) is 3.59. The van der Waals surface area contributed by atoms with Gasteiger partial charge in [-0.1, -0.05) is 30.3 Å². The van der Waals surface area contributed by atoms with Crippen LogP contribution in [0.1, 0.15) is 5.56 Å². The highest BCUT2D eigenvalue weighted by Gasteiger charge is 2.57. The van der Waals surface area contributed by atoms with Crippen molar-refractivity contribution in [2.75, 3.05) is 26.3 Å². The Morgan fingerprint density at radius 2 is 2.20 bits per heavy atom. The molecular weight excluding hydrogens is 190 g/mol. The summed E-state index contributed by atoms with van der Waals surface area (Å²) in [6, 6.07) is 10.2. The van der Waals surface area contributed by atoms with Crippen molar-refractivity contribution < 1.29 is 9.47 Å². The van der Waals surface area contributed by atoms with Crippen molar-refractivity contribution in [3.8, 4) is 0 Å². The number of benzene rings is 1. The minimum atomic E-state index is -0.0468. The van der Waals surface area contributed by atoms with Crippen LogP contribution in [0, 0.1) is 0 Å². The molecule has 2 atom stereocenters. The Labute approximate surface area is 89.6 Å². The van der Waals surface area contributed by atoms with Gasteiger partial charge < -0.3 is 9.47 Å². The first-order valence-electron chi connectivity index (χ1n) is 5.40. The Morgan fingerprint density at radius 3 is 2.87 bits per heavy atom. The lowest BCUT2D eigenvalue weighted by Crippen LogP contribution is -2.22. The molecule has 0 aromatic heterocycles. The summed E-state index contributed by atoms with van der Waals surface area (Å²) in [5.74, 6) is 0. The van der Waals surface area contributed by atoms with Crippen LogP contribution in [0.3, 0.4) is 0 Å². The van der Waals surface area contributed by atoms with Gasteiger partial charge in [-0.05, 0) is 5.56 Å². The molecule has 0 aliphatic carbocycles. The van der Waals surface area contributed by atoms with E-state index in [0.717, 1.165) is 19.7 Å². The number of fused-ring (bicyclic) bond motifs is 1. The fourth-order valence-electron chi connectivity index (χ4n) is 2.11. The first-order chi connectivity index (χ1) is 7.39. The largest absolute Gasteiger partial charge is 0.372 e. The summed E-state index contributed by atoms with van der Waals surface area (Å²) >= 11 is 0. The van der Waals surface area contributed by atoms with E-state index in [1.807, 2.05) is 18.2 Å². The molecule has 2 fully saturated rings. The van der Waals surface area contributed by atoms with E-state index >= 15 is 0 Å². The van der Waals surface area contributed by atoms with Crippen molar-refractivity contribution >= 4 is 0 Å². The van der Waals surface area contributed by atoms with E-state index in [2.05, 4.69) is 17.0 Å². The van der Waals surface area contributed by atoms with Crippen LogP contribution in [0.2, 0.25) is 0 Å². The van der Waals surface area contributed by atoms with Gasteiger partial charge in [0.25, 0.3) is 0 Å². The van der Waals surface area contributed by atoms with Crippen molar-refractivity contribution in [3.63, 3.8) is 0 Å². The number of ether oxygens (including phenoxy) is 2. The van der Waals surface area contributed by atoms with Gasteiger partial charge in [-0.25, -0.2) is 0 Å². The number of morpholine rings is 1. The Bertz CT molecular complexity index is 341. The maximum Gasteiger partial charge on any atom is 0.158 e. The highest BCUT2D eigenvalue weighted by Crippen LogP contribution is 2.38. The second-order valence-corrected chi connectivity index (χ2v) is 4.19. The van der Waals surface area contributed by atoms with Crippen molar-refractivity contribution in [1.29, 1.82) is 0 Å². The zero-order chi connectivity index (χ0) is 10.1. The molecule has 3 rings (SSSR count). The quantitative estimate of drug-likeness (QED) is 0.690. The molecule has 80 valence electrons. The van der Waals surface area contributed by atoms with Crippen LogP contribution in [0.25, 0.3) is 0 Å². The molecule has 0 N–H and O–H groups in total. The predicted octanol–water partition coefficient (Wildman–Crippen LogP) is 1.25. The summed E-state index contributed by atoms with van der Waals surface area (Å²) in [6.45, 7) is 4.34. The monoisotopic (exact) mass is 205 g/mol. The van der Waals surface area contributed by atoms with E-state index in [0.29, 0.717) is 13.2 Å². The fraction of sp³-hybridized carbons (Fsp3) is 0.500. The molecule has 2 aliphatic rings. The van der Waals surface area contributed by atoms with Crippen LogP contribution < -0.4 is 0 Å². The summed E-state index contributed by atoms with van der Waals surface area (Å²) in [6.07, 6.45) is 0. The number of hydrogen-bond donors (Lipinski definition) is 0. The molecule has 15 heavy (non-hydrogen) atoms. The van der Waals surface area contributed by atoms with Gasteiger partial charge in [0.15, 0.2) is 5.72 Å². The summed E-state index contributed by atoms with van der Waals surface area (Å²) in [5.41, 5.74) is 1.17. The molecule has 3 heteroatoms. The molecule has 0 saturated carbocycles. The molecule has 2 unspecified atom stereocenters. The molecule has 1 aromatic rings. The normalized spacial score (nSPS) is 32.7. The molecule has 0 radical (unpaired) electrons. The van der Waals surface area contributed by atoms with Crippen molar-refractivity contribution in [1.82, 2.24) is 4.90 Å². The highest BCUT2D eigenvalue weighted by molar-refractivity contribution is 5.13. The Hall–Kier alpha value is -0.900. The van der Waals surface area contributed by atoms with Gasteiger partial charge in [0, 0.05) is 13.1 Å². The van der Waals surface area contributed by atoms with Crippen LogP contribution in [0.4, 0.5) is 0 Å². The van der Waals surface area contributed by atoms with Crippen LogP contribution >= 0.6 is 0 Å². The maximum atomic E-state index is 5.68. The minimum absolute atomic E-state index is 0.0468. The number of nitrogens with zero attached hydrogens (tertiary/aromatic N) is 1. The van der Waals surface area contributed by atoms with Crippen LogP contribution in [-0.2, 0) is 16.1 Å². The summed E-state index contributed by atoms with van der Waals surface area (Å²) in [7, 11) is 0. The van der Waals surface area contributed by atoms with Crippen molar-refractivity contribution in [2.45, 2.75) is 12.3 Å². The van der Waals surface area contributed by atoms with Crippen molar-refractivity contribution in [3.05, 3.63) is 35.9 Å². The molecule has 0 amide bonds. The molecule has 1 aromatic carbocycles. The zero-order valence-electron chi connectivity index (χ0n) is 8.69. The van der Waals surface area contributed by atoms with Gasteiger partial charge in [0.2, 0.25) is 0 Å². The van der Waals surface area contributed by atoms with E-state index in [4.69, 9.17) is 9.47 Å². The van der Waals surface area contributed by atoms with E-state index < -0.39 is 0 Å². The SMILES string of the molecule is c1ccc(COCC23CN2CCO3)cc1. The fourth-order valence-corrected chi connectivity index (χ4v) is 2.11. The molecule has 0 spiro atoms. The Morgan fingerprint density at radius 1 is 1.33 bits per heavy atom. The first-order valence-corrected chi connectivity index (χ1v) is 5.40. The Balaban J connectivity index is 1.48. The van der Waals surface area contributed by atoms with E-state index in [1.54, 1.807) is 0 Å². The third-order valence-electron chi connectivity index (χ3n) is 3.08. The lowest BCUT2D eigenvalue weighted by atomic mass is 10.2. The topological polar surface area (TPSA) is 21.5 Å². The minimum Gasteiger partial charge on any atom is -0.372 e. The van der Waals surface area contributed by atoms with Gasteiger partial charge in [-0.15, -0.1) is 0 Å². The van der Waals surface area contributed by atoms with E-state index in [-0.39, 0.29) is 5.72 Å². The lowest BCUT2D eigenvalue weighted by molar-refractivity contribution is -0.0264. The molecule has 2 aliphatic heterocycles.